The average molecular weight is 330 g/mol. The molecule has 6 heteroatoms. The zero-order valence-electron chi connectivity index (χ0n) is 14.0. The van der Waals surface area contributed by atoms with Crippen LogP contribution in [0.4, 0.5) is 5.69 Å². The van der Waals surface area contributed by atoms with E-state index in [-0.39, 0.29) is 30.7 Å². The molecule has 6 nitrogen and oxygen atoms in total. The summed E-state index contributed by atoms with van der Waals surface area (Å²) in [5, 5.41) is 9.07. The number of benzene rings is 1. The summed E-state index contributed by atoms with van der Waals surface area (Å²) in [6.07, 6.45) is 0.683. The highest BCUT2D eigenvalue weighted by Crippen LogP contribution is 2.31. The molecule has 128 valence electrons. The highest BCUT2D eigenvalue weighted by molar-refractivity contribution is 6.01. The zero-order valence-corrected chi connectivity index (χ0v) is 14.0. The predicted octanol–water partition coefficient (Wildman–Crippen LogP) is 1.59. The lowest BCUT2D eigenvalue weighted by atomic mass is 10.1. The van der Waals surface area contributed by atoms with Crippen molar-refractivity contribution in [2.75, 3.05) is 24.5 Å². The lowest BCUT2D eigenvalue weighted by Gasteiger charge is -2.22. The van der Waals surface area contributed by atoms with Crippen molar-refractivity contribution in [3.05, 3.63) is 29.3 Å². The lowest BCUT2D eigenvalue weighted by molar-refractivity contribution is -0.141. The molecule has 2 aliphatic rings. The first kappa shape index (κ1) is 16.5. The third kappa shape index (κ3) is 2.88. The summed E-state index contributed by atoms with van der Waals surface area (Å²) in [7, 11) is 0. The van der Waals surface area contributed by atoms with E-state index in [2.05, 4.69) is 0 Å². The Kier molecular flexibility index (Phi) is 4.30. The van der Waals surface area contributed by atoms with E-state index in [1.165, 1.54) is 0 Å². The minimum atomic E-state index is -0.857. The summed E-state index contributed by atoms with van der Waals surface area (Å²) in [4.78, 5) is 39.4. The minimum absolute atomic E-state index is 0.0453. The number of carbonyl (C=O) groups excluding carboxylic acids is 2. The van der Waals surface area contributed by atoms with Crippen LogP contribution < -0.4 is 4.90 Å². The lowest BCUT2D eigenvalue weighted by Crippen LogP contribution is -2.36. The molecule has 2 saturated heterocycles. The third-order valence-electron chi connectivity index (χ3n) is 5.19. The molecule has 0 radical (unpaired) electrons. The standard InChI is InChI=1S/C18H22N2O4/c1-11-4-3-5-15(12(11)2)20-10-14(8-16(20)21)17(22)19-7-6-13(9-19)18(23)24/h3-5,13-14H,6-10H2,1-2H3,(H,23,24)/t13-,14+/m0/s1. The van der Waals surface area contributed by atoms with Crippen LogP contribution in [0.1, 0.15) is 24.0 Å². The van der Waals surface area contributed by atoms with E-state index in [0.29, 0.717) is 19.5 Å². The van der Waals surface area contributed by atoms with Crippen LogP contribution in [-0.2, 0) is 14.4 Å². The SMILES string of the molecule is Cc1cccc(N2C[C@H](C(=O)N3CC[C@H](C(=O)O)C3)CC2=O)c1C. The summed E-state index contributed by atoms with van der Waals surface area (Å²) in [5.41, 5.74) is 3.02. The fourth-order valence-corrected chi connectivity index (χ4v) is 3.55. The zero-order chi connectivity index (χ0) is 17.4. The summed E-state index contributed by atoms with van der Waals surface area (Å²) in [5.74, 6) is -1.87. The number of amides is 2. The van der Waals surface area contributed by atoms with Crippen molar-refractivity contribution in [2.24, 2.45) is 11.8 Å². The number of likely N-dealkylation sites (tertiary alicyclic amines) is 1. The Morgan fingerprint density at radius 1 is 1.17 bits per heavy atom. The number of carbonyl (C=O) groups is 3. The quantitative estimate of drug-likeness (QED) is 0.913. The molecule has 0 bridgehead atoms. The second kappa shape index (κ2) is 6.26. The van der Waals surface area contributed by atoms with E-state index in [4.69, 9.17) is 5.11 Å². The van der Waals surface area contributed by atoms with Crippen molar-refractivity contribution in [1.82, 2.24) is 4.90 Å². The van der Waals surface area contributed by atoms with Gasteiger partial charge < -0.3 is 14.9 Å². The first-order chi connectivity index (χ1) is 11.4. The number of aryl methyl sites for hydroxylation is 1. The molecular formula is C18H22N2O4. The molecule has 24 heavy (non-hydrogen) atoms. The molecule has 1 N–H and O–H groups in total. The van der Waals surface area contributed by atoms with Crippen LogP contribution in [0.2, 0.25) is 0 Å². The van der Waals surface area contributed by atoms with Crippen molar-refractivity contribution in [3.8, 4) is 0 Å². The number of nitrogens with zero attached hydrogens (tertiary/aromatic N) is 2. The van der Waals surface area contributed by atoms with E-state index >= 15 is 0 Å². The van der Waals surface area contributed by atoms with E-state index in [1.807, 2.05) is 32.0 Å². The van der Waals surface area contributed by atoms with Gasteiger partial charge in [-0.25, -0.2) is 0 Å². The summed E-state index contributed by atoms with van der Waals surface area (Å²) < 4.78 is 0. The number of hydrogen-bond donors (Lipinski definition) is 1. The maximum Gasteiger partial charge on any atom is 0.308 e. The van der Waals surface area contributed by atoms with Gasteiger partial charge in [0, 0.05) is 31.7 Å². The van der Waals surface area contributed by atoms with Crippen LogP contribution in [0.15, 0.2) is 18.2 Å². The Labute approximate surface area is 141 Å². The van der Waals surface area contributed by atoms with Crippen LogP contribution >= 0.6 is 0 Å². The molecule has 0 unspecified atom stereocenters. The van der Waals surface area contributed by atoms with Crippen LogP contribution in [0.3, 0.4) is 0 Å². The monoisotopic (exact) mass is 330 g/mol. The van der Waals surface area contributed by atoms with Gasteiger partial charge in [0.1, 0.15) is 0 Å². The van der Waals surface area contributed by atoms with E-state index < -0.39 is 11.9 Å². The Morgan fingerprint density at radius 3 is 2.58 bits per heavy atom. The second-order valence-electron chi connectivity index (χ2n) is 6.73. The summed E-state index contributed by atoms with van der Waals surface area (Å²) >= 11 is 0. The molecule has 0 aromatic heterocycles. The van der Waals surface area contributed by atoms with Gasteiger partial charge in [-0.2, -0.15) is 0 Å². The highest BCUT2D eigenvalue weighted by atomic mass is 16.4. The molecule has 2 amide bonds. The molecule has 1 aromatic carbocycles. The topological polar surface area (TPSA) is 77.9 Å². The van der Waals surface area contributed by atoms with Crippen molar-refractivity contribution < 1.29 is 19.5 Å². The van der Waals surface area contributed by atoms with Crippen LogP contribution in [-0.4, -0.2) is 47.4 Å². The fourth-order valence-electron chi connectivity index (χ4n) is 3.55. The van der Waals surface area contributed by atoms with Gasteiger partial charge >= 0.3 is 5.97 Å². The normalized spacial score (nSPS) is 23.8. The molecule has 0 aliphatic carbocycles. The number of aliphatic carboxylic acids is 1. The molecule has 2 atom stereocenters. The van der Waals surface area contributed by atoms with Crippen molar-refractivity contribution in [1.29, 1.82) is 0 Å². The number of rotatable bonds is 3. The molecule has 0 saturated carbocycles. The Bertz CT molecular complexity index is 700. The van der Waals surface area contributed by atoms with Gasteiger partial charge in [0.2, 0.25) is 11.8 Å². The first-order valence-corrected chi connectivity index (χ1v) is 8.26. The third-order valence-corrected chi connectivity index (χ3v) is 5.19. The van der Waals surface area contributed by atoms with Crippen LogP contribution in [0, 0.1) is 25.7 Å². The second-order valence-corrected chi connectivity index (χ2v) is 6.73. The number of carboxylic acid groups (broad SMARTS) is 1. The van der Waals surface area contributed by atoms with Gasteiger partial charge in [-0.05, 0) is 37.5 Å². The molecule has 0 spiro atoms. The largest absolute Gasteiger partial charge is 0.481 e. The number of carboxylic acids is 1. The molecular weight excluding hydrogens is 308 g/mol. The van der Waals surface area contributed by atoms with Gasteiger partial charge in [0.05, 0.1) is 11.8 Å². The predicted molar refractivity (Wildman–Crippen MR) is 88.7 cm³/mol. The Balaban J connectivity index is 1.72. The van der Waals surface area contributed by atoms with Crippen molar-refractivity contribution in [3.63, 3.8) is 0 Å². The van der Waals surface area contributed by atoms with Crippen molar-refractivity contribution >= 4 is 23.5 Å². The van der Waals surface area contributed by atoms with E-state index in [9.17, 15) is 14.4 Å². The first-order valence-electron chi connectivity index (χ1n) is 8.26. The van der Waals surface area contributed by atoms with E-state index in [0.717, 1.165) is 16.8 Å². The highest BCUT2D eigenvalue weighted by Gasteiger charge is 2.40. The molecule has 2 fully saturated rings. The maximum absolute atomic E-state index is 12.6. The van der Waals surface area contributed by atoms with Gasteiger partial charge in [-0.15, -0.1) is 0 Å². The number of hydrogen-bond acceptors (Lipinski definition) is 3. The van der Waals surface area contributed by atoms with Gasteiger partial charge in [0.15, 0.2) is 0 Å². The van der Waals surface area contributed by atoms with Gasteiger partial charge in [-0.1, -0.05) is 12.1 Å². The summed E-state index contributed by atoms with van der Waals surface area (Å²) in [6, 6.07) is 5.82. The summed E-state index contributed by atoms with van der Waals surface area (Å²) in [6.45, 7) is 5.06. The Morgan fingerprint density at radius 2 is 1.92 bits per heavy atom. The maximum atomic E-state index is 12.6. The van der Waals surface area contributed by atoms with Crippen LogP contribution in [0.25, 0.3) is 0 Å². The minimum Gasteiger partial charge on any atom is -0.481 e. The molecule has 2 heterocycles. The van der Waals surface area contributed by atoms with E-state index in [1.54, 1.807) is 9.80 Å². The molecule has 2 aliphatic heterocycles. The van der Waals surface area contributed by atoms with Gasteiger partial charge in [0.25, 0.3) is 0 Å². The number of anilines is 1. The fraction of sp³-hybridized carbons (Fsp3) is 0.500. The van der Waals surface area contributed by atoms with Gasteiger partial charge in [-0.3, -0.25) is 14.4 Å². The molecule has 1 aromatic rings. The van der Waals surface area contributed by atoms with Crippen LogP contribution in [0.5, 0.6) is 0 Å². The van der Waals surface area contributed by atoms with Crippen molar-refractivity contribution in [2.45, 2.75) is 26.7 Å². The smallest absolute Gasteiger partial charge is 0.308 e. The molecule has 3 rings (SSSR count). The average Bonchev–Trinajstić information content (AvgIpc) is 3.16. The Hall–Kier alpha value is -2.37.